The second-order valence-electron chi connectivity index (χ2n) is 3.39. The van der Waals surface area contributed by atoms with E-state index >= 15 is 0 Å². The molecule has 0 saturated heterocycles. The van der Waals surface area contributed by atoms with Gasteiger partial charge in [-0.05, 0) is 18.4 Å². The summed E-state index contributed by atoms with van der Waals surface area (Å²) >= 11 is 1.59. The molecule has 0 aliphatic carbocycles. The third-order valence-electron chi connectivity index (χ3n) is 2.16. The van der Waals surface area contributed by atoms with Crippen molar-refractivity contribution in [1.82, 2.24) is 9.71 Å². The Hall–Kier alpha value is -0.830. The van der Waals surface area contributed by atoms with E-state index in [0.717, 1.165) is 0 Å². The molecule has 0 radical (unpaired) electrons. The van der Waals surface area contributed by atoms with E-state index < -0.39 is 10.0 Å². The maximum atomic E-state index is 12.0. The SMILES string of the molecule is CSC(C)CNS(=O)(=O)c1cccnc1NN. The predicted molar refractivity (Wildman–Crippen MR) is 70.2 cm³/mol. The van der Waals surface area contributed by atoms with Crippen LogP contribution in [0, 0.1) is 0 Å². The van der Waals surface area contributed by atoms with Gasteiger partial charge in [0, 0.05) is 18.0 Å². The average Bonchev–Trinajstić information content (AvgIpc) is 2.35. The van der Waals surface area contributed by atoms with Crippen LogP contribution in [0.3, 0.4) is 0 Å². The number of nitrogen functional groups attached to an aromatic ring is 1. The van der Waals surface area contributed by atoms with Gasteiger partial charge in [-0.1, -0.05) is 6.92 Å². The van der Waals surface area contributed by atoms with Crippen LogP contribution in [0.15, 0.2) is 23.2 Å². The Morgan fingerprint density at radius 3 is 2.88 bits per heavy atom. The number of aromatic nitrogens is 1. The van der Waals surface area contributed by atoms with Crippen LogP contribution in [-0.2, 0) is 10.0 Å². The molecule has 1 unspecified atom stereocenters. The van der Waals surface area contributed by atoms with Crippen LogP contribution in [0.4, 0.5) is 5.82 Å². The smallest absolute Gasteiger partial charge is 0.244 e. The number of hydrogen-bond donors (Lipinski definition) is 3. The predicted octanol–water partition coefficient (Wildman–Crippen LogP) is 0.397. The van der Waals surface area contributed by atoms with Crippen molar-refractivity contribution in [2.75, 3.05) is 18.2 Å². The van der Waals surface area contributed by atoms with Gasteiger partial charge in [0.15, 0.2) is 5.82 Å². The van der Waals surface area contributed by atoms with Gasteiger partial charge in [0.1, 0.15) is 4.90 Å². The van der Waals surface area contributed by atoms with Crippen molar-refractivity contribution in [3.05, 3.63) is 18.3 Å². The number of anilines is 1. The van der Waals surface area contributed by atoms with Gasteiger partial charge in [-0.2, -0.15) is 11.8 Å². The fourth-order valence-corrected chi connectivity index (χ4v) is 2.71. The third kappa shape index (κ3) is 3.84. The highest BCUT2D eigenvalue weighted by molar-refractivity contribution is 7.99. The highest BCUT2D eigenvalue weighted by Gasteiger charge is 2.19. The topological polar surface area (TPSA) is 97.1 Å². The van der Waals surface area contributed by atoms with Crippen LogP contribution in [0.2, 0.25) is 0 Å². The molecular formula is C9H16N4O2S2. The molecule has 8 heteroatoms. The van der Waals surface area contributed by atoms with Gasteiger partial charge in [-0.15, -0.1) is 0 Å². The number of nitrogens with one attached hydrogen (secondary N) is 2. The highest BCUT2D eigenvalue weighted by atomic mass is 32.2. The number of pyridine rings is 1. The average molecular weight is 276 g/mol. The van der Waals surface area contributed by atoms with Gasteiger partial charge >= 0.3 is 0 Å². The lowest BCUT2D eigenvalue weighted by Gasteiger charge is -2.12. The first kappa shape index (κ1) is 14.2. The van der Waals surface area contributed by atoms with E-state index in [1.54, 1.807) is 17.8 Å². The molecule has 1 rings (SSSR count). The summed E-state index contributed by atoms with van der Waals surface area (Å²) in [5, 5.41) is 0.204. The number of hydrogen-bond acceptors (Lipinski definition) is 6. The standard InChI is InChI=1S/C9H16N4O2S2/c1-7(16-2)6-12-17(14,15)8-4-3-5-11-9(8)13-10/h3-5,7,12H,6,10H2,1-2H3,(H,11,13). The van der Waals surface area contributed by atoms with E-state index in [1.807, 2.05) is 13.2 Å². The summed E-state index contributed by atoms with van der Waals surface area (Å²) in [7, 11) is -3.58. The molecule has 6 nitrogen and oxygen atoms in total. The van der Waals surface area contributed by atoms with Crippen LogP contribution in [0.1, 0.15) is 6.92 Å². The van der Waals surface area contributed by atoms with Crippen molar-refractivity contribution in [2.24, 2.45) is 5.84 Å². The van der Waals surface area contributed by atoms with Crippen molar-refractivity contribution in [3.63, 3.8) is 0 Å². The maximum Gasteiger partial charge on any atom is 0.244 e. The van der Waals surface area contributed by atoms with E-state index in [-0.39, 0.29) is 16.0 Å². The first-order chi connectivity index (χ1) is 8.01. The minimum Gasteiger partial charge on any atom is -0.307 e. The minimum atomic E-state index is -3.58. The summed E-state index contributed by atoms with van der Waals surface area (Å²) in [6.07, 6.45) is 3.40. The lowest BCUT2D eigenvalue weighted by atomic mass is 10.5. The summed E-state index contributed by atoms with van der Waals surface area (Å²) in [6, 6.07) is 3.00. The number of nitrogens with two attached hydrogens (primary N) is 1. The second kappa shape index (κ2) is 6.20. The van der Waals surface area contributed by atoms with Crippen molar-refractivity contribution in [2.45, 2.75) is 17.1 Å². The number of thioether (sulfide) groups is 1. The number of hydrazine groups is 1. The Kier molecular flexibility index (Phi) is 5.19. The molecule has 1 aromatic heterocycles. The highest BCUT2D eigenvalue weighted by Crippen LogP contribution is 2.16. The molecule has 0 amide bonds. The number of nitrogens with zero attached hydrogens (tertiary/aromatic N) is 1. The molecule has 1 aromatic rings. The Morgan fingerprint density at radius 2 is 2.29 bits per heavy atom. The van der Waals surface area contributed by atoms with Gasteiger partial charge in [0.25, 0.3) is 0 Å². The van der Waals surface area contributed by atoms with Crippen LogP contribution >= 0.6 is 11.8 Å². The zero-order chi connectivity index (χ0) is 12.9. The normalized spacial score (nSPS) is 13.4. The molecule has 4 N–H and O–H groups in total. The molecule has 0 saturated carbocycles. The van der Waals surface area contributed by atoms with E-state index in [0.29, 0.717) is 6.54 Å². The second-order valence-corrected chi connectivity index (χ2v) is 6.40. The summed E-state index contributed by atoms with van der Waals surface area (Å²) < 4.78 is 26.5. The monoisotopic (exact) mass is 276 g/mol. The summed E-state index contributed by atoms with van der Waals surface area (Å²) in [5.41, 5.74) is 2.27. The quantitative estimate of drug-likeness (QED) is 0.514. The Morgan fingerprint density at radius 1 is 1.59 bits per heavy atom. The van der Waals surface area contributed by atoms with Crippen molar-refractivity contribution >= 4 is 27.6 Å². The van der Waals surface area contributed by atoms with Gasteiger partial charge < -0.3 is 5.43 Å². The molecule has 0 bridgehead atoms. The van der Waals surface area contributed by atoms with Gasteiger partial charge in [-0.3, -0.25) is 0 Å². The van der Waals surface area contributed by atoms with Gasteiger partial charge in [-0.25, -0.2) is 24.0 Å². The summed E-state index contributed by atoms with van der Waals surface area (Å²) in [4.78, 5) is 3.90. The summed E-state index contributed by atoms with van der Waals surface area (Å²) in [5.74, 6) is 5.36. The molecule has 1 heterocycles. The Balaban J connectivity index is 2.89. The zero-order valence-electron chi connectivity index (χ0n) is 9.67. The molecule has 0 spiro atoms. The van der Waals surface area contributed by atoms with Crippen LogP contribution in [-0.4, -0.2) is 31.5 Å². The maximum absolute atomic E-state index is 12.0. The first-order valence-electron chi connectivity index (χ1n) is 4.95. The molecule has 96 valence electrons. The van der Waals surface area contributed by atoms with E-state index in [4.69, 9.17) is 5.84 Å². The molecular weight excluding hydrogens is 260 g/mol. The van der Waals surface area contributed by atoms with E-state index in [2.05, 4.69) is 15.1 Å². The number of rotatable bonds is 6. The number of sulfonamides is 1. The van der Waals surface area contributed by atoms with Gasteiger partial charge in [0.2, 0.25) is 10.0 Å². The Labute approximate surface area is 105 Å². The molecule has 0 aliphatic heterocycles. The van der Waals surface area contributed by atoms with Crippen molar-refractivity contribution in [3.8, 4) is 0 Å². The third-order valence-corrected chi connectivity index (χ3v) is 4.59. The van der Waals surface area contributed by atoms with Crippen molar-refractivity contribution in [1.29, 1.82) is 0 Å². The molecule has 0 aliphatic rings. The van der Waals surface area contributed by atoms with Crippen molar-refractivity contribution < 1.29 is 8.42 Å². The fourth-order valence-electron chi connectivity index (χ4n) is 1.10. The molecule has 17 heavy (non-hydrogen) atoms. The van der Waals surface area contributed by atoms with Crippen LogP contribution < -0.4 is 16.0 Å². The minimum absolute atomic E-state index is 0.0517. The van der Waals surface area contributed by atoms with Crippen LogP contribution in [0.25, 0.3) is 0 Å². The summed E-state index contributed by atoms with van der Waals surface area (Å²) in [6.45, 7) is 2.31. The van der Waals surface area contributed by atoms with E-state index in [9.17, 15) is 8.42 Å². The molecule has 0 fully saturated rings. The largest absolute Gasteiger partial charge is 0.307 e. The molecule has 1 atom stereocenters. The molecule has 0 aromatic carbocycles. The fraction of sp³-hybridized carbons (Fsp3) is 0.444. The van der Waals surface area contributed by atoms with Gasteiger partial charge in [0.05, 0.1) is 0 Å². The Bertz CT molecular complexity index is 464. The first-order valence-corrected chi connectivity index (χ1v) is 7.72. The van der Waals surface area contributed by atoms with E-state index in [1.165, 1.54) is 12.3 Å². The zero-order valence-corrected chi connectivity index (χ0v) is 11.3. The lowest BCUT2D eigenvalue weighted by Crippen LogP contribution is -2.30. The lowest BCUT2D eigenvalue weighted by molar-refractivity contribution is 0.581. The van der Waals surface area contributed by atoms with Crippen LogP contribution in [0.5, 0.6) is 0 Å².